The van der Waals surface area contributed by atoms with Gasteiger partial charge < -0.3 is 4.74 Å². The molecule has 0 unspecified atom stereocenters. The fourth-order valence-corrected chi connectivity index (χ4v) is 1.77. The third-order valence-corrected chi connectivity index (χ3v) is 2.44. The smallest absolute Gasteiger partial charge is 0.387 e. The monoisotopic (exact) mass is 257 g/mol. The number of hydrogen-bond donors (Lipinski definition) is 1. The van der Waals surface area contributed by atoms with Gasteiger partial charge in [-0.25, -0.2) is 0 Å². The number of benzene rings is 1. The van der Waals surface area contributed by atoms with E-state index in [0.29, 0.717) is 16.3 Å². The average molecular weight is 257 g/mol. The number of aromatic amines is 1. The van der Waals surface area contributed by atoms with Crippen LogP contribution in [0.1, 0.15) is 5.82 Å². The maximum Gasteiger partial charge on any atom is 0.387 e. The largest absolute Gasteiger partial charge is 0.433 e. The lowest BCUT2D eigenvalue weighted by molar-refractivity contribution is -0.0498. The van der Waals surface area contributed by atoms with E-state index in [1.54, 1.807) is 25.1 Å². The molecule has 0 spiro atoms. The maximum absolute atomic E-state index is 12.3. The predicted octanol–water partition coefficient (Wildman–Crippen LogP) is 2.84. The van der Waals surface area contributed by atoms with E-state index in [2.05, 4.69) is 14.9 Å². The molecular formula is C10H9F2N3OS. The molecule has 1 heterocycles. The molecule has 17 heavy (non-hydrogen) atoms. The fourth-order valence-electron chi connectivity index (χ4n) is 1.50. The molecule has 0 saturated heterocycles. The first-order valence-electron chi connectivity index (χ1n) is 4.78. The lowest BCUT2D eigenvalue weighted by Gasteiger charge is -2.11. The van der Waals surface area contributed by atoms with Gasteiger partial charge in [-0.05, 0) is 31.3 Å². The molecule has 0 amide bonds. The maximum atomic E-state index is 12.3. The third kappa shape index (κ3) is 2.33. The number of aryl methyl sites for hydroxylation is 1. The fraction of sp³-hybridized carbons (Fsp3) is 0.200. The third-order valence-electron chi connectivity index (χ3n) is 2.16. The molecule has 2 rings (SSSR count). The number of para-hydroxylation sites is 2. The van der Waals surface area contributed by atoms with Gasteiger partial charge in [-0.2, -0.15) is 13.9 Å². The number of H-pyrrole nitrogens is 1. The number of ether oxygens (including phenoxy) is 1. The second-order valence-corrected chi connectivity index (χ2v) is 3.64. The van der Waals surface area contributed by atoms with E-state index in [-0.39, 0.29) is 5.75 Å². The molecule has 2 aromatic rings. The summed E-state index contributed by atoms with van der Waals surface area (Å²) in [6.07, 6.45) is 0. The quantitative estimate of drug-likeness (QED) is 0.860. The van der Waals surface area contributed by atoms with E-state index in [1.807, 2.05) is 0 Å². The highest BCUT2D eigenvalue weighted by molar-refractivity contribution is 7.71. The molecule has 0 fully saturated rings. The molecule has 7 heteroatoms. The molecule has 1 N–H and O–H groups in total. The Labute approximate surface area is 101 Å². The Hall–Kier alpha value is -1.76. The summed E-state index contributed by atoms with van der Waals surface area (Å²) < 4.78 is 30.8. The molecule has 0 aliphatic rings. The topological polar surface area (TPSA) is 42.8 Å². The van der Waals surface area contributed by atoms with Gasteiger partial charge in [0.05, 0.1) is 5.69 Å². The van der Waals surface area contributed by atoms with E-state index in [0.717, 1.165) is 0 Å². The van der Waals surface area contributed by atoms with Gasteiger partial charge in [-0.3, -0.25) is 9.67 Å². The molecule has 1 aromatic heterocycles. The van der Waals surface area contributed by atoms with Crippen LogP contribution in [0.15, 0.2) is 24.3 Å². The lowest BCUT2D eigenvalue weighted by Crippen LogP contribution is -2.06. The number of nitrogens with one attached hydrogen (secondary N) is 1. The van der Waals surface area contributed by atoms with E-state index < -0.39 is 6.61 Å². The van der Waals surface area contributed by atoms with Crippen LogP contribution >= 0.6 is 12.2 Å². The zero-order valence-corrected chi connectivity index (χ0v) is 9.67. The summed E-state index contributed by atoms with van der Waals surface area (Å²) in [5, 5.41) is 6.50. The van der Waals surface area contributed by atoms with Crippen molar-refractivity contribution in [2.75, 3.05) is 0 Å². The predicted molar refractivity (Wildman–Crippen MR) is 60.1 cm³/mol. The summed E-state index contributed by atoms with van der Waals surface area (Å²) in [5.41, 5.74) is 0.434. The van der Waals surface area contributed by atoms with E-state index in [9.17, 15) is 8.78 Å². The first-order chi connectivity index (χ1) is 8.09. The van der Waals surface area contributed by atoms with Crippen LogP contribution in [-0.4, -0.2) is 21.4 Å². The van der Waals surface area contributed by atoms with Gasteiger partial charge in [0.25, 0.3) is 0 Å². The molecule has 4 nitrogen and oxygen atoms in total. The Morgan fingerprint density at radius 3 is 2.71 bits per heavy atom. The van der Waals surface area contributed by atoms with Crippen molar-refractivity contribution in [1.29, 1.82) is 0 Å². The van der Waals surface area contributed by atoms with Gasteiger partial charge in [0.15, 0.2) is 4.77 Å². The second kappa shape index (κ2) is 4.62. The SMILES string of the molecule is Cc1n[nH]c(=S)n1-c1ccccc1OC(F)F. The number of halogens is 2. The van der Waals surface area contributed by atoms with Crippen LogP contribution in [0.3, 0.4) is 0 Å². The van der Waals surface area contributed by atoms with Crippen molar-refractivity contribution in [3.05, 3.63) is 34.9 Å². The average Bonchev–Trinajstić information content (AvgIpc) is 2.59. The molecule has 90 valence electrons. The van der Waals surface area contributed by atoms with E-state index >= 15 is 0 Å². The summed E-state index contributed by atoms with van der Waals surface area (Å²) in [6, 6.07) is 6.41. The molecule has 0 aliphatic carbocycles. The molecule has 0 atom stereocenters. The van der Waals surface area contributed by atoms with Crippen LogP contribution in [0.5, 0.6) is 5.75 Å². The summed E-state index contributed by atoms with van der Waals surface area (Å²) in [7, 11) is 0. The Balaban J connectivity index is 2.56. The van der Waals surface area contributed by atoms with Crippen LogP contribution in [0.2, 0.25) is 0 Å². The van der Waals surface area contributed by atoms with Gasteiger partial charge in [-0.15, -0.1) is 0 Å². The van der Waals surface area contributed by atoms with Crippen molar-refractivity contribution in [3.8, 4) is 11.4 Å². The Bertz CT molecular complexity index is 579. The molecule has 1 aromatic carbocycles. The first-order valence-corrected chi connectivity index (χ1v) is 5.18. The van der Waals surface area contributed by atoms with Crippen LogP contribution < -0.4 is 4.74 Å². The Kier molecular flexibility index (Phi) is 3.19. The van der Waals surface area contributed by atoms with Crippen molar-refractivity contribution >= 4 is 12.2 Å². The second-order valence-electron chi connectivity index (χ2n) is 3.26. The lowest BCUT2D eigenvalue weighted by atomic mass is 10.3. The normalized spacial score (nSPS) is 10.8. The van der Waals surface area contributed by atoms with Gasteiger partial charge in [0, 0.05) is 0 Å². The van der Waals surface area contributed by atoms with Crippen LogP contribution in [0, 0.1) is 11.7 Å². The van der Waals surface area contributed by atoms with Crippen LogP contribution in [0.25, 0.3) is 5.69 Å². The summed E-state index contributed by atoms with van der Waals surface area (Å²) in [6.45, 7) is -1.16. The molecule has 0 bridgehead atoms. The van der Waals surface area contributed by atoms with Gasteiger partial charge >= 0.3 is 6.61 Å². The van der Waals surface area contributed by atoms with Crippen molar-refractivity contribution in [2.24, 2.45) is 0 Å². The standard InChI is InChI=1S/C10H9F2N3OS/c1-6-13-14-10(17)15(6)7-4-2-3-5-8(7)16-9(11)12/h2-5,9H,1H3,(H,14,17). The highest BCUT2D eigenvalue weighted by atomic mass is 32.1. The van der Waals surface area contributed by atoms with Crippen molar-refractivity contribution in [2.45, 2.75) is 13.5 Å². The summed E-state index contributed by atoms with van der Waals surface area (Å²) in [5.74, 6) is 0.628. The van der Waals surface area contributed by atoms with Crippen molar-refractivity contribution < 1.29 is 13.5 Å². The zero-order valence-electron chi connectivity index (χ0n) is 8.85. The first kappa shape index (κ1) is 11.7. The van der Waals surface area contributed by atoms with E-state index in [4.69, 9.17) is 12.2 Å². The van der Waals surface area contributed by atoms with Crippen LogP contribution in [0.4, 0.5) is 8.78 Å². The molecule has 0 aliphatic heterocycles. The minimum absolute atomic E-state index is 0.0584. The summed E-state index contributed by atoms with van der Waals surface area (Å²) >= 11 is 5.03. The van der Waals surface area contributed by atoms with Crippen molar-refractivity contribution in [3.63, 3.8) is 0 Å². The summed E-state index contributed by atoms with van der Waals surface area (Å²) in [4.78, 5) is 0. The number of nitrogens with zero attached hydrogens (tertiary/aromatic N) is 2. The van der Waals surface area contributed by atoms with Crippen LogP contribution in [-0.2, 0) is 0 Å². The van der Waals surface area contributed by atoms with Gasteiger partial charge in [0.2, 0.25) is 0 Å². The number of alkyl halides is 2. The van der Waals surface area contributed by atoms with Gasteiger partial charge in [0.1, 0.15) is 11.6 Å². The van der Waals surface area contributed by atoms with E-state index in [1.165, 1.54) is 10.6 Å². The number of rotatable bonds is 3. The minimum Gasteiger partial charge on any atom is -0.433 e. The minimum atomic E-state index is -2.88. The highest BCUT2D eigenvalue weighted by Gasteiger charge is 2.13. The zero-order chi connectivity index (χ0) is 12.4. The van der Waals surface area contributed by atoms with Crippen molar-refractivity contribution in [1.82, 2.24) is 14.8 Å². The molecule has 0 radical (unpaired) electrons. The number of hydrogen-bond acceptors (Lipinski definition) is 3. The number of aromatic nitrogens is 3. The molecule has 0 saturated carbocycles. The molecular weight excluding hydrogens is 248 g/mol. The van der Waals surface area contributed by atoms with Gasteiger partial charge in [-0.1, -0.05) is 12.1 Å². The Morgan fingerprint density at radius 2 is 2.12 bits per heavy atom. The highest BCUT2D eigenvalue weighted by Crippen LogP contribution is 2.25. The Morgan fingerprint density at radius 1 is 1.41 bits per heavy atom.